The summed E-state index contributed by atoms with van der Waals surface area (Å²) in [6.07, 6.45) is 11.2. The van der Waals surface area contributed by atoms with Crippen LogP contribution in [0.1, 0.15) is 73.6 Å². The van der Waals surface area contributed by atoms with Crippen molar-refractivity contribution >= 4 is 0 Å². The molecule has 0 aliphatic carbocycles. The fourth-order valence-electron chi connectivity index (χ4n) is 1.83. The molecule has 0 saturated heterocycles. The van der Waals surface area contributed by atoms with Crippen molar-refractivity contribution < 1.29 is 0 Å². The second-order valence-corrected chi connectivity index (χ2v) is 6.17. The van der Waals surface area contributed by atoms with E-state index in [-0.39, 0.29) is 0 Å². The topological polar surface area (TPSA) is 0 Å². The van der Waals surface area contributed by atoms with Gasteiger partial charge in [0.1, 0.15) is 0 Å². The number of allylic oxidation sites excluding steroid dienone is 2. The normalized spacial score (nSPS) is 16.6. The second-order valence-electron chi connectivity index (χ2n) is 6.17. The van der Waals surface area contributed by atoms with Crippen molar-refractivity contribution in [1.29, 1.82) is 0 Å². The van der Waals surface area contributed by atoms with Gasteiger partial charge in [0.05, 0.1) is 0 Å². The van der Waals surface area contributed by atoms with Gasteiger partial charge < -0.3 is 0 Å². The predicted octanol–water partition coefficient (Wildman–Crippen LogP) is 5.83. The highest BCUT2D eigenvalue weighted by Gasteiger charge is 2.12. The smallest absolute Gasteiger partial charge is 0.0299 e. The van der Waals surface area contributed by atoms with Gasteiger partial charge in [-0.05, 0) is 30.1 Å². The minimum Gasteiger partial charge on any atom is -0.0882 e. The van der Waals surface area contributed by atoms with Crippen molar-refractivity contribution in [3.8, 4) is 0 Å². The molecule has 0 bridgehead atoms. The van der Waals surface area contributed by atoms with Gasteiger partial charge in [-0.15, -0.1) is 0 Å². The molecule has 0 aliphatic heterocycles. The summed E-state index contributed by atoms with van der Waals surface area (Å²) in [5.41, 5.74) is 0.481. The van der Waals surface area contributed by atoms with Gasteiger partial charge in [0.15, 0.2) is 0 Å². The Bertz CT molecular complexity index is 188. The minimum atomic E-state index is 0.481. The Labute approximate surface area is 104 Å². The number of hydrogen-bond donors (Lipinski definition) is 0. The molecule has 96 valence electrons. The van der Waals surface area contributed by atoms with Crippen LogP contribution in [0.3, 0.4) is 0 Å². The first-order chi connectivity index (χ1) is 7.43. The lowest BCUT2D eigenvalue weighted by Crippen LogP contribution is -2.08. The van der Waals surface area contributed by atoms with E-state index in [1.54, 1.807) is 0 Å². The Kier molecular flexibility index (Phi) is 7.80. The molecule has 0 saturated carbocycles. The Hall–Kier alpha value is -0.260. The van der Waals surface area contributed by atoms with Gasteiger partial charge in [-0.3, -0.25) is 0 Å². The largest absolute Gasteiger partial charge is 0.0882 e. The van der Waals surface area contributed by atoms with Gasteiger partial charge in [-0.25, -0.2) is 0 Å². The summed E-state index contributed by atoms with van der Waals surface area (Å²) in [7, 11) is 0. The molecule has 0 heterocycles. The zero-order chi connectivity index (χ0) is 12.6. The van der Waals surface area contributed by atoms with Crippen LogP contribution in [0, 0.1) is 17.3 Å². The summed E-state index contributed by atoms with van der Waals surface area (Å²) in [4.78, 5) is 0. The van der Waals surface area contributed by atoms with E-state index in [1.807, 2.05) is 0 Å². The maximum atomic E-state index is 2.40. The number of hydrogen-bond acceptors (Lipinski definition) is 0. The average Bonchev–Trinajstić information content (AvgIpc) is 2.24. The monoisotopic (exact) mass is 224 g/mol. The Balaban J connectivity index is 3.83. The molecule has 16 heavy (non-hydrogen) atoms. The van der Waals surface area contributed by atoms with Crippen molar-refractivity contribution in [2.45, 2.75) is 73.6 Å². The van der Waals surface area contributed by atoms with Gasteiger partial charge in [0, 0.05) is 0 Å². The molecule has 0 fully saturated rings. The van der Waals surface area contributed by atoms with Crippen LogP contribution >= 0.6 is 0 Å². The third-order valence-electron chi connectivity index (χ3n) is 4.02. The van der Waals surface area contributed by atoms with Crippen LogP contribution in [0.15, 0.2) is 12.2 Å². The second kappa shape index (κ2) is 7.92. The van der Waals surface area contributed by atoms with Crippen LogP contribution in [0.2, 0.25) is 0 Å². The van der Waals surface area contributed by atoms with Crippen molar-refractivity contribution in [2.24, 2.45) is 17.3 Å². The van der Waals surface area contributed by atoms with Crippen LogP contribution in [0.4, 0.5) is 0 Å². The molecule has 2 atom stereocenters. The maximum absolute atomic E-state index is 2.40. The van der Waals surface area contributed by atoms with Gasteiger partial charge in [0.2, 0.25) is 0 Å². The fourth-order valence-corrected chi connectivity index (χ4v) is 1.83. The first-order valence-electron chi connectivity index (χ1n) is 7.08. The lowest BCUT2D eigenvalue weighted by Gasteiger charge is -2.20. The molecular weight excluding hydrogens is 192 g/mol. The molecule has 0 radical (unpaired) electrons. The van der Waals surface area contributed by atoms with E-state index in [0.29, 0.717) is 5.41 Å². The van der Waals surface area contributed by atoms with Gasteiger partial charge in [0.25, 0.3) is 0 Å². The molecule has 0 amide bonds. The van der Waals surface area contributed by atoms with Gasteiger partial charge >= 0.3 is 0 Å². The summed E-state index contributed by atoms with van der Waals surface area (Å²) >= 11 is 0. The first-order valence-corrected chi connectivity index (χ1v) is 7.08. The van der Waals surface area contributed by atoms with Crippen LogP contribution < -0.4 is 0 Å². The van der Waals surface area contributed by atoms with E-state index in [0.717, 1.165) is 11.8 Å². The Morgan fingerprint density at radius 2 is 1.62 bits per heavy atom. The summed E-state index contributed by atoms with van der Waals surface area (Å²) < 4.78 is 0. The molecule has 0 aromatic carbocycles. The Morgan fingerprint density at radius 1 is 1.00 bits per heavy atom. The summed E-state index contributed by atoms with van der Waals surface area (Å²) in [5.74, 6) is 1.70. The van der Waals surface area contributed by atoms with Crippen LogP contribution in [0.5, 0.6) is 0 Å². The minimum absolute atomic E-state index is 0.481. The van der Waals surface area contributed by atoms with E-state index < -0.39 is 0 Å². The summed E-state index contributed by atoms with van der Waals surface area (Å²) in [5, 5.41) is 0. The standard InChI is InChI=1S/C16H32/c1-7-11-14(3)15(4)12-9-10-13-16(5,6)8-2/h9-10,14-15H,7-8,11-13H2,1-6H3. The SMILES string of the molecule is CCCC(C)C(C)CC=CCC(C)(C)CC. The van der Waals surface area contributed by atoms with Crippen LogP contribution in [0.25, 0.3) is 0 Å². The van der Waals surface area contributed by atoms with Crippen molar-refractivity contribution in [3.63, 3.8) is 0 Å². The molecule has 0 rings (SSSR count). The Morgan fingerprint density at radius 3 is 2.12 bits per heavy atom. The molecular formula is C16H32. The molecule has 0 aromatic rings. The van der Waals surface area contributed by atoms with Crippen LogP contribution in [-0.4, -0.2) is 0 Å². The maximum Gasteiger partial charge on any atom is -0.0299 e. The molecule has 0 aliphatic rings. The quantitative estimate of drug-likeness (QED) is 0.455. The van der Waals surface area contributed by atoms with Gasteiger partial charge in [-0.2, -0.15) is 0 Å². The van der Waals surface area contributed by atoms with Crippen LogP contribution in [-0.2, 0) is 0 Å². The van der Waals surface area contributed by atoms with E-state index in [2.05, 4.69) is 53.7 Å². The fraction of sp³-hybridized carbons (Fsp3) is 0.875. The highest BCUT2D eigenvalue weighted by atomic mass is 14.2. The summed E-state index contributed by atoms with van der Waals surface area (Å²) in [6.45, 7) is 14.0. The van der Waals surface area contributed by atoms with E-state index in [9.17, 15) is 0 Å². The molecule has 0 N–H and O–H groups in total. The van der Waals surface area contributed by atoms with Crippen molar-refractivity contribution in [1.82, 2.24) is 0 Å². The van der Waals surface area contributed by atoms with E-state index >= 15 is 0 Å². The van der Waals surface area contributed by atoms with Crippen molar-refractivity contribution in [3.05, 3.63) is 12.2 Å². The third kappa shape index (κ3) is 7.09. The van der Waals surface area contributed by atoms with Gasteiger partial charge in [-0.1, -0.05) is 73.0 Å². The summed E-state index contributed by atoms with van der Waals surface area (Å²) in [6, 6.07) is 0. The van der Waals surface area contributed by atoms with E-state index in [4.69, 9.17) is 0 Å². The molecule has 0 nitrogen and oxygen atoms in total. The molecule has 2 unspecified atom stereocenters. The first kappa shape index (κ1) is 15.7. The molecule has 0 spiro atoms. The number of rotatable bonds is 8. The lowest BCUT2D eigenvalue weighted by atomic mass is 9.85. The average molecular weight is 224 g/mol. The zero-order valence-corrected chi connectivity index (χ0v) is 12.3. The molecule has 0 heteroatoms. The molecule has 0 aromatic heterocycles. The van der Waals surface area contributed by atoms with E-state index in [1.165, 1.54) is 32.1 Å². The highest BCUT2D eigenvalue weighted by molar-refractivity contribution is 4.88. The zero-order valence-electron chi connectivity index (χ0n) is 12.3. The highest BCUT2D eigenvalue weighted by Crippen LogP contribution is 2.25. The lowest BCUT2D eigenvalue weighted by molar-refractivity contribution is 0.351. The predicted molar refractivity (Wildman–Crippen MR) is 75.7 cm³/mol. The van der Waals surface area contributed by atoms with Crippen molar-refractivity contribution in [2.75, 3.05) is 0 Å². The third-order valence-corrected chi connectivity index (χ3v) is 4.02.